The molecule has 0 atom stereocenters. The largest absolute Gasteiger partial charge is 0.341 e. The molecule has 0 radical (unpaired) electrons. The van der Waals surface area contributed by atoms with E-state index >= 15 is 0 Å². The second-order valence-electron chi connectivity index (χ2n) is 4.36. The van der Waals surface area contributed by atoms with Gasteiger partial charge in [-0.1, -0.05) is 11.6 Å². The van der Waals surface area contributed by atoms with Gasteiger partial charge in [0.25, 0.3) is 0 Å². The van der Waals surface area contributed by atoms with E-state index < -0.39 is 0 Å². The third kappa shape index (κ3) is 2.01. The van der Waals surface area contributed by atoms with E-state index in [0.29, 0.717) is 11.6 Å². The zero-order chi connectivity index (χ0) is 12.7. The molecule has 1 aliphatic heterocycles. The molecule has 0 saturated carbocycles. The second kappa shape index (κ2) is 4.55. The van der Waals surface area contributed by atoms with Crippen molar-refractivity contribution in [2.24, 2.45) is 0 Å². The van der Waals surface area contributed by atoms with Gasteiger partial charge in [-0.05, 0) is 28.4 Å². The lowest BCUT2D eigenvalue weighted by atomic mass is 10.2. The Labute approximate surface area is 118 Å². The van der Waals surface area contributed by atoms with E-state index in [1.54, 1.807) is 12.4 Å². The van der Waals surface area contributed by atoms with Gasteiger partial charge in [-0.15, -0.1) is 0 Å². The molecule has 94 valence electrons. The van der Waals surface area contributed by atoms with E-state index in [-0.39, 0.29) is 5.91 Å². The fourth-order valence-corrected chi connectivity index (χ4v) is 2.62. The summed E-state index contributed by atoms with van der Waals surface area (Å²) in [7, 11) is 0. The van der Waals surface area contributed by atoms with Crippen LogP contribution in [0.5, 0.6) is 0 Å². The van der Waals surface area contributed by atoms with E-state index in [1.807, 2.05) is 15.5 Å². The van der Waals surface area contributed by atoms with Crippen LogP contribution in [0.25, 0.3) is 11.0 Å². The molecule has 18 heavy (non-hydrogen) atoms. The number of amides is 1. The van der Waals surface area contributed by atoms with E-state index in [0.717, 1.165) is 35.0 Å². The predicted molar refractivity (Wildman–Crippen MR) is 73.6 cm³/mol. The number of rotatable bonds is 2. The van der Waals surface area contributed by atoms with Gasteiger partial charge in [-0.3, -0.25) is 9.78 Å². The average molecular weight is 329 g/mol. The van der Waals surface area contributed by atoms with Crippen molar-refractivity contribution in [3.05, 3.63) is 28.0 Å². The Morgan fingerprint density at radius 1 is 1.50 bits per heavy atom. The predicted octanol–water partition coefficient (Wildman–Crippen LogP) is 2.68. The molecule has 3 heterocycles. The van der Waals surface area contributed by atoms with Gasteiger partial charge >= 0.3 is 0 Å². The highest BCUT2D eigenvalue weighted by molar-refractivity contribution is 9.10. The summed E-state index contributed by atoms with van der Waals surface area (Å²) in [4.78, 5) is 18.1. The molecule has 1 fully saturated rings. The minimum atomic E-state index is 0.134. The SMILES string of the molecule is O=C(Cn1cc(Cl)c2ncc(Br)cc21)N1CCC1. The second-order valence-corrected chi connectivity index (χ2v) is 5.68. The number of pyridine rings is 1. The monoisotopic (exact) mass is 327 g/mol. The lowest BCUT2D eigenvalue weighted by molar-refractivity contribution is -0.135. The molecule has 0 N–H and O–H groups in total. The molecule has 1 aliphatic rings. The zero-order valence-electron chi connectivity index (χ0n) is 9.57. The Morgan fingerprint density at radius 3 is 2.94 bits per heavy atom. The third-order valence-corrected chi connectivity index (χ3v) is 3.86. The van der Waals surface area contributed by atoms with Crippen molar-refractivity contribution in [1.82, 2.24) is 14.5 Å². The van der Waals surface area contributed by atoms with Crippen molar-refractivity contribution in [3.8, 4) is 0 Å². The highest BCUT2D eigenvalue weighted by Crippen LogP contribution is 2.26. The number of fused-ring (bicyclic) bond motifs is 1. The third-order valence-electron chi connectivity index (χ3n) is 3.15. The minimum Gasteiger partial charge on any atom is -0.341 e. The number of likely N-dealkylation sites (tertiary alicyclic amines) is 1. The summed E-state index contributed by atoms with van der Waals surface area (Å²) in [6.07, 6.45) is 4.57. The molecular weight excluding hydrogens is 318 g/mol. The number of aromatic nitrogens is 2. The Morgan fingerprint density at radius 2 is 2.28 bits per heavy atom. The fourth-order valence-electron chi connectivity index (χ4n) is 2.04. The topological polar surface area (TPSA) is 38.1 Å². The van der Waals surface area contributed by atoms with E-state index in [4.69, 9.17) is 11.6 Å². The number of carbonyl (C=O) groups excluding carboxylic acids is 1. The van der Waals surface area contributed by atoms with Crippen molar-refractivity contribution in [2.45, 2.75) is 13.0 Å². The molecule has 3 rings (SSSR count). The van der Waals surface area contributed by atoms with Crippen molar-refractivity contribution in [2.75, 3.05) is 13.1 Å². The first kappa shape index (κ1) is 12.0. The van der Waals surface area contributed by atoms with E-state index in [9.17, 15) is 4.79 Å². The van der Waals surface area contributed by atoms with Crippen LogP contribution in [-0.2, 0) is 11.3 Å². The molecule has 0 unspecified atom stereocenters. The summed E-state index contributed by atoms with van der Waals surface area (Å²) in [5.74, 6) is 0.134. The number of nitrogens with zero attached hydrogens (tertiary/aromatic N) is 3. The quantitative estimate of drug-likeness (QED) is 0.850. The first-order valence-corrected chi connectivity index (χ1v) is 6.90. The van der Waals surface area contributed by atoms with Crippen LogP contribution >= 0.6 is 27.5 Å². The van der Waals surface area contributed by atoms with Gasteiger partial charge in [-0.2, -0.15) is 0 Å². The maximum absolute atomic E-state index is 12.0. The van der Waals surface area contributed by atoms with Crippen LogP contribution in [0.1, 0.15) is 6.42 Å². The van der Waals surface area contributed by atoms with Gasteiger partial charge in [0.15, 0.2) is 0 Å². The molecule has 4 nitrogen and oxygen atoms in total. The number of hydrogen-bond acceptors (Lipinski definition) is 2. The van der Waals surface area contributed by atoms with E-state index in [1.165, 1.54) is 0 Å². The van der Waals surface area contributed by atoms with Gasteiger partial charge in [-0.25, -0.2) is 0 Å². The fraction of sp³-hybridized carbons (Fsp3) is 0.333. The Balaban J connectivity index is 1.95. The Bertz CT molecular complexity index is 621. The van der Waals surface area contributed by atoms with Crippen LogP contribution in [0.2, 0.25) is 5.02 Å². The van der Waals surface area contributed by atoms with Crippen LogP contribution in [-0.4, -0.2) is 33.4 Å². The maximum atomic E-state index is 12.0. The molecule has 0 bridgehead atoms. The normalized spacial score (nSPS) is 14.9. The van der Waals surface area contributed by atoms with Crippen LogP contribution in [0, 0.1) is 0 Å². The molecule has 2 aromatic rings. The number of carbonyl (C=O) groups is 1. The van der Waals surface area contributed by atoms with Crippen molar-refractivity contribution >= 4 is 44.5 Å². The maximum Gasteiger partial charge on any atom is 0.242 e. The average Bonchev–Trinajstić information content (AvgIpc) is 2.52. The molecule has 6 heteroatoms. The summed E-state index contributed by atoms with van der Waals surface area (Å²) < 4.78 is 2.73. The van der Waals surface area contributed by atoms with Gasteiger partial charge in [0.05, 0.1) is 10.5 Å². The standard InChI is InChI=1S/C12H11BrClN3O/c13-8-4-10-12(15-5-8)9(14)6-17(10)7-11(18)16-2-1-3-16/h4-6H,1-3,7H2. The Kier molecular flexibility index (Phi) is 3.03. The molecule has 0 aliphatic carbocycles. The minimum absolute atomic E-state index is 0.134. The van der Waals surface area contributed by atoms with Crippen molar-refractivity contribution in [3.63, 3.8) is 0 Å². The number of hydrogen-bond donors (Lipinski definition) is 0. The van der Waals surface area contributed by atoms with Crippen LogP contribution in [0.4, 0.5) is 0 Å². The molecule has 0 aromatic carbocycles. The highest BCUT2D eigenvalue weighted by Gasteiger charge is 2.21. The van der Waals surface area contributed by atoms with Gasteiger partial charge < -0.3 is 9.47 Å². The zero-order valence-corrected chi connectivity index (χ0v) is 11.9. The first-order valence-electron chi connectivity index (χ1n) is 5.73. The summed E-state index contributed by atoms with van der Waals surface area (Å²) in [5, 5.41) is 0.578. The van der Waals surface area contributed by atoms with Crippen LogP contribution in [0.15, 0.2) is 22.9 Å². The molecule has 0 spiro atoms. The summed E-state index contributed by atoms with van der Waals surface area (Å²) in [5.41, 5.74) is 1.61. The van der Waals surface area contributed by atoms with E-state index in [2.05, 4.69) is 20.9 Å². The summed E-state index contributed by atoms with van der Waals surface area (Å²) in [6.45, 7) is 2.06. The molecular formula is C12H11BrClN3O. The lowest BCUT2D eigenvalue weighted by Crippen LogP contribution is -2.43. The van der Waals surface area contributed by atoms with Crippen LogP contribution in [0.3, 0.4) is 0 Å². The molecule has 2 aromatic heterocycles. The Hall–Kier alpha value is -1.07. The molecule has 1 amide bonds. The van der Waals surface area contributed by atoms with Crippen LogP contribution < -0.4 is 0 Å². The highest BCUT2D eigenvalue weighted by atomic mass is 79.9. The molecule has 1 saturated heterocycles. The summed E-state index contributed by atoms with van der Waals surface area (Å²) >= 11 is 9.50. The van der Waals surface area contributed by atoms with Gasteiger partial charge in [0.1, 0.15) is 12.1 Å². The number of halogens is 2. The first-order chi connectivity index (χ1) is 8.65. The van der Waals surface area contributed by atoms with Crippen molar-refractivity contribution in [1.29, 1.82) is 0 Å². The summed E-state index contributed by atoms with van der Waals surface area (Å²) in [6, 6.07) is 1.93. The smallest absolute Gasteiger partial charge is 0.242 e. The lowest BCUT2D eigenvalue weighted by Gasteiger charge is -2.31. The van der Waals surface area contributed by atoms with Crippen molar-refractivity contribution < 1.29 is 4.79 Å². The van der Waals surface area contributed by atoms with Gasteiger partial charge in [0.2, 0.25) is 5.91 Å². The van der Waals surface area contributed by atoms with Gasteiger partial charge in [0, 0.05) is 30.0 Å².